The Kier molecular flexibility index (Phi) is 4.04. The molecule has 0 saturated heterocycles. The Morgan fingerprint density at radius 1 is 1.33 bits per heavy atom. The summed E-state index contributed by atoms with van der Waals surface area (Å²) >= 11 is 7.72. The lowest BCUT2D eigenvalue weighted by molar-refractivity contribution is -0.141. The van der Waals surface area contributed by atoms with Gasteiger partial charge in [0.1, 0.15) is 5.03 Å². The Morgan fingerprint density at radius 2 is 2.05 bits per heavy atom. The van der Waals surface area contributed by atoms with Crippen LogP contribution in [-0.4, -0.2) is 29.0 Å². The second-order valence-electron chi connectivity index (χ2n) is 5.38. The van der Waals surface area contributed by atoms with Crippen molar-refractivity contribution in [1.29, 1.82) is 0 Å². The van der Waals surface area contributed by atoms with E-state index in [1.807, 2.05) is 24.3 Å². The average molecular weight is 323 g/mol. The monoisotopic (exact) mass is 322 g/mol. The third-order valence-electron chi connectivity index (χ3n) is 3.83. The fourth-order valence-corrected chi connectivity index (χ4v) is 3.77. The van der Waals surface area contributed by atoms with E-state index in [-0.39, 0.29) is 11.4 Å². The van der Waals surface area contributed by atoms with E-state index in [2.05, 4.69) is 10.2 Å². The van der Waals surface area contributed by atoms with Crippen molar-refractivity contribution in [3.8, 4) is 0 Å². The summed E-state index contributed by atoms with van der Waals surface area (Å²) in [5.41, 5.74) is 0.0696. The molecule has 3 rings (SSSR count). The van der Waals surface area contributed by atoms with Crippen molar-refractivity contribution in [2.24, 2.45) is 5.41 Å². The van der Waals surface area contributed by atoms with Gasteiger partial charge in [-0.3, -0.25) is 4.79 Å². The summed E-state index contributed by atoms with van der Waals surface area (Å²) < 4.78 is 4.77. The van der Waals surface area contributed by atoms with Crippen molar-refractivity contribution >= 4 is 40.1 Å². The number of hydrogen-bond acceptors (Lipinski definition) is 5. The summed E-state index contributed by atoms with van der Waals surface area (Å²) in [6, 6.07) is 7.84. The van der Waals surface area contributed by atoms with Crippen LogP contribution in [0, 0.1) is 5.41 Å². The number of esters is 1. The van der Waals surface area contributed by atoms with Gasteiger partial charge in [0.15, 0.2) is 5.15 Å². The minimum absolute atomic E-state index is 0.0696. The van der Waals surface area contributed by atoms with Gasteiger partial charge in [0.05, 0.1) is 13.5 Å². The summed E-state index contributed by atoms with van der Waals surface area (Å²) in [6.45, 7) is 0. The number of benzene rings is 1. The molecule has 1 aliphatic rings. The SMILES string of the molecule is COC(=O)CC1(CSc2nnc(Cl)c3ccccc23)CC1. The minimum atomic E-state index is -0.139. The molecule has 1 aliphatic carbocycles. The highest BCUT2D eigenvalue weighted by molar-refractivity contribution is 7.99. The molecule has 1 fully saturated rings. The molecule has 110 valence electrons. The number of hydrogen-bond donors (Lipinski definition) is 0. The van der Waals surface area contributed by atoms with Crippen LogP contribution in [0.3, 0.4) is 0 Å². The van der Waals surface area contributed by atoms with Gasteiger partial charge in [0.25, 0.3) is 0 Å². The van der Waals surface area contributed by atoms with E-state index in [0.717, 1.165) is 34.4 Å². The zero-order valence-corrected chi connectivity index (χ0v) is 13.2. The van der Waals surface area contributed by atoms with Gasteiger partial charge in [0.2, 0.25) is 0 Å². The van der Waals surface area contributed by atoms with E-state index in [1.54, 1.807) is 11.8 Å². The maximum absolute atomic E-state index is 11.5. The number of methoxy groups -OCH3 is 1. The van der Waals surface area contributed by atoms with Gasteiger partial charge >= 0.3 is 5.97 Å². The molecule has 0 spiro atoms. The lowest BCUT2D eigenvalue weighted by Crippen LogP contribution is -2.13. The van der Waals surface area contributed by atoms with Crippen molar-refractivity contribution in [2.45, 2.75) is 24.3 Å². The smallest absolute Gasteiger partial charge is 0.306 e. The number of nitrogens with zero attached hydrogens (tertiary/aromatic N) is 2. The van der Waals surface area contributed by atoms with E-state index in [0.29, 0.717) is 11.6 Å². The summed E-state index contributed by atoms with van der Waals surface area (Å²) in [5, 5.41) is 11.4. The molecule has 1 aromatic heterocycles. The number of halogens is 1. The second kappa shape index (κ2) is 5.81. The molecule has 21 heavy (non-hydrogen) atoms. The summed E-state index contributed by atoms with van der Waals surface area (Å²) in [4.78, 5) is 11.5. The molecule has 1 aromatic carbocycles. The van der Waals surface area contributed by atoms with E-state index in [4.69, 9.17) is 16.3 Å². The molecule has 0 amide bonds. The molecule has 2 aromatic rings. The zero-order chi connectivity index (χ0) is 14.9. The molecule has 0 bridgehead atoms. The predicted molar refractivity (Wildman–Crippen MR) is 83.6 cm³/mol. The number of thioether (sulfide) groups is 1. The largest absolute Gasteiger partial charge is 0.469 e. The Labute approximate surface area is 132 Å². The molecular formula is C15H15ClN2O2S. The Morgan fingerprint density at radius 3 is 2.71 bits per heavy atom. The summed E-state index contributed by atoms with van der Waals surface area (Å²) in [7, 11) is 1.43. The maximum atomic E-state index is 11.5. The number of rotatable bonds is 5. The van der Waals surface area contributed by atoms with E-state index < -0.39 is 0 Å². The normalized spacial score (nSPS) is 15.9. The van der Waals surface area contributed by atoms with Crippen LogP contribution in [0.2, 0.25) is 5.15 Å². The Bertz CT molecular complexity index is 688. The first kappa shape index (κ1) is 14.6. The number of carbonyl (C=O) groups excluding carboxylic acids is 1. The van der Waals surface area contributed by atoms with Gasteiger partial charge in [-0.1, -0.05) is 35.9 Å². The molecule has 4 nitrogen and oxygen atoms in total. The van der Waals surface area contributed by atoms with E-state index in [1.165, 1.54) is 7.11 Å². The highest BCUT2D eigenvalue weighted by atomic mass is 35.5. The molecule has 1 heterocycles. The van der Waals surface area contributed by atoms with Crippen LogP contribution in [0.1, 0.15) is 19.3 Å². The molecular weight excluding hydrogens is 308 g/mol. The molecule has 1 saturated carbocycles. The molecule has 0 atom stereocenters. The van der Waals surface area contributed by atoms with Gasteiger partial charge < -0.3 is 4.74 Å². The quantitative estimate of drug-likeness (QED) is 0.620. The summed E-state index contributed by atoms with van der Waals surface area (Å²) in [6.07, 6.45) is 2.61. The number of fused-ring (bicyclic) bond motifs is 1. The van der Waals surface area contributed by atoms with Gasteiger partial charge in [-0.05, 0) is 18.3 Å². The minimum Gasteiger partial charge on any atom is -0.469 e. The third-order valence-corrected chi connectivity index (χ3v) is 5.44. The molecule has 0 radical (unpaired) electrons. The lowest BCUT2D eigenvalue weighted by Gasteiger charge is -2.13. The van der Waals surface area contributed by atoms with Crippen LogP contribution >= 0.6 is 23.4 Å². The van der Waals surface area contributed by atoms with E-state index in [9.17, 15) is 4.79 Å². The third kappa shape index (κ3) is 3.14. The predicted octanol–water partition coefficient (Wildman–Crippen LogP) is 3.72. The zero-order valence-electron chi connectivity index (χ0n) is 11.6. The molecule has 0 aliphatic heterocycles. The summed E-state index contributed by atoms with van der Waals surface area (Å²) in [5.74, 6) is 0.711. The van der Waals surface area contributed by atoms with Crippen LogP contribution in [0.25, 0.3) is 10.8 Å². The highest BCUT2D eigenvalue weighted by Gasteiger charge is 2.44. The lowest BCUT2D eigenvalue weighted by atomic mass is 10.1. The highest BCUT2D eigenvalue weighted by Crippen LogP contribution is 2.52. The van der Waals surface area contributed by atoms with Crippen molar-refractivity contribution in [3.05, 3.63) is 29.4 Å². The van der Waals surface area contributed by atoms with Crippen molar-refractivity contribution in [1.82, 2.24) is 10.2 Å². The fourth-order valence-electron chi connectivity index (χ4n) is 2.30. The van der Waals surface area contributed by atoms with Gasteiger partial charge in [-0.25, -0.2) is 0 Å². The second-order valence-corrected chi connectivity index (χ2v) is 6.71. The van der Waals surface area contributed by atoms with Crippen LogP contribution in [0.4, 0.5) is 0 Å². The van der Waals surface area contributed by atoms with Crippen molar-refractivity contribution in [2.75, 3.05) is 12.9 Å². The Balaban J connectivity index is 1.77. The van der Waals surface area contributed by atoms with Gasteiger partial charge in [-0.2, -0.15) is 0 Å². The van der Waals surface area contributed by atoms with Crippen LogP contribution in [0.15, 0.2) is 29.3 Å². The Hall–Kier alpha value is -1.33. The molecule has 6 heteroatoms. The number of ether oxygens (including phenoxy) is 1. The van der Waals surface area contributed by atoms with Gasteiger partial charge in [0, 0.05) is 16.5 Å². The first-order chi connectivity index (χ1) is 10.1. The number of carbonyl (C=O) groups is 1. The topological polar surface area (TPSA) is 52.1 Å². The standard InChI is InChI=1S/C15H15ClN2O2S/c1-20-12(19)8-15(6-7-15)9-21-14-11-5-3-2-4-10(11)13(16)17-18-14/h2-5H,6-9H2,1H3. The average Bonchev–Trinajstić information content (AvgIpc) is 3.27. The van der Waals surface area contributed by atoms with Crippen LogP contribution in [-0.2, 0) is 9.53 Å². The van der Waals surface area contributed by atoms with Crippen molar-refractivity contribution < 1.29 is 9.53 Å². The molecule has 0 unspecified atom stereocenters. The fraction of sp³-hybridized carbons (Fsp3) is 0.400. The van der Waals surface area contributed by atoms with Crippen LogP contribution in [0.5, 0.6) is 0 Å². The number of aromatic nitrogens is 2. The van der Waals surface area contributed by atoms with Crippen LogP contribution < -0.4 is 0 Å². The van der Waals surface area contributed by atoms with E-state index >= 15 is 0 Å². The first-order valence-corrected chi connectivity index (χ1v) is 8.10. The van der Waals surface area contributed by atoms with Crippen molar-refractivity contribution in [3.63, 3.8) is 0 Å². The molecule has 0 N–H and O–H groups in total. The maximum Gasteiger partial charge on any atom is 0.306 e. The first-order valence-electron chi connectivity index (χ1n) is 6.74. The van der Waals surface area contributed by atoms with Gasteiger partial charge in [-0.15, -0.1) is 22.0 Å².